The number of hydrogen-bond acceptors (Lipinski definition) is 5. The van der Waals surface area contributed by atoms with E-state index in [1.165, 1.54) is 17.8 Å². The van der Waals surface area contributed by atoms with Crippen molar-refractivity contribution in [3.8, 4) is 0 Å². The summed E-state index contributed by atoms with van der Waals surface area (Å²) in [4.78, 5) is 36.3. The first-order valence-electron chi connectivity index (χ1n) is 8.78. The maximum absolute atomic E-state index is 12.7. The van der Waals surface area contributed by atoms with Crippen molar-refractivity contribution in [3.63, 3.8) is 0 Å². The number of amides is 2. The van der Waals surface area contributed by atoms with Crippen LogP contribution in [0.1, 0.15) is 31.2 Å². The van der Waals surface area contributed by atoms with Gasteiger partial charge in [-0.15, -0.1) is 11.8 Å². The number of thioether (sulfide) groups is 1. The van der Waals surface area contributed by atoms with Crippen molar-refractivity contribution in [1.82, 2.24) is 5.32 Å². The van der Waals surface area contributed by atoms with Gasteiger partial charge in [-0.2, -0.15) is 13.2 Å². The molecule has 1 saturated carbocycles. The van der Waals surface area contributed by atoms with Crippen LogP contribution in [0.4, 0.5) is 18.9 Å². The third kappa shape index (κ3) is 4.60. The van der Waals surface area contributed by atoms with Crippen molar-refractivity contribution in [2.75, 3.05) is 17.7 Å². The number of benzene rings is 1. The molecule has 0 unspecified atom stereocenters. The molecule has 1 aromatic rings. The van der Waals surface area contributed by atoms with E-state index in [1.54, 1.807) is 0 Å². The van der Waals surface area contributed by atoms with Crippen LogP contribution in [0.25, 0.3) is 0 Å². The van der Waals surface area contributed by atoms with Crippen LogP contribution in [0.2, 0.25) is 0 Å². The highest BCUT2D eigenvalue weighted by Gasteiger charge is 2.47. The van der Waals surface area contributed by atoms with E-state index in [9.17, 15) is 27.6 Å². The molecular formula is C18H19F3N2O4S. The third-order valence-electron chi connectivity index (χ3n) is 4.76. The van der Waals surface area contributed by atoms with Gasteiger partial charge in [0.1, 0.15) is 6.04 Å². The largest absolute Gasteiger partial charge is 0.454 e. The number of carbonyl (C=O) groups excluding carboxylic acids is 3. The van der Waals surface area contributed by atoms with Gasteiger partial charge in [0.15, 0.2) is 6.61 Å². The summed E-state index contributed by atoms with van der Waals surface area (Å²) >= 11 is 1.44. The molecule has 2 amide bonds. The molecule has 1 heterocycles. The summed E-state index contributed by atoms with van der Waals surface area (Å²) < 4.78 is 42.5. The second-order valence-electron chi connectivity index (χ2n) is 6.77. The average molecular weight is 416 g/mol. The molecule has 0 radical (unpaired) electrons. The number of carbonyl (C=O) groups is 3. The van der Waals surface area contributed by atoms with Gasteiger partial charge in [0.2, 0.25) is 5.91 Å². The summed E-state index contributed by atoms with van der Waals surface area (Å²) in [7, 11) is 0. The Morgan fingerprint density at radius 2 is 2.00 bits per heavy atom. The maximum atomic E-state index is 12.7. The van der Waals surface area contributed by atoms with Crippen LogP contribution < -0.4 is 10.6 Å². The number of alkyl halides is 3. The van der Waals surface area contributed by atoms with E-state index >= 15 is 0 Å². The molecule has 1 aromatic carbocycles. The quantitative estimate of drug-likeness (QED) is 0.738. The minimum atomic E-state index is -4.53. The van der Waals surface area contributed by atoms with Gasteiger partial charge >= 0.3 is 12.1 Å². The molecule has 1 saturated heterocycles. The van der Waals surface area contributed by atoms with E-state index in [0.29, 0.717) is 5.75 Å². The summed E-state index contributed by atoms with van der Waals surface area (Å²) in [5.74, 6) is -1.33. The normalized spacial score (nSPS) is 21.2. The van der Waals surface area contributed by atoms with Crippen LogP contribution in [-0.4, -0.2) is 40.9 Å². The summed E-state index contributed by atoms with van der Waals surface area (Å²) in [6.07, 6.45) is -1.01. The molecule has 28 heavy (non-hydrogen) atoms. The fourth-order valence-corrected chi connectivity index (χ4v) is 4.76. The molecule has 1 atom stereocenters. The predicted molar refractivity (Wildman–Crippen MR) is 96.6 cm³/mol. The number of esters is 1. The van der Waals surface area contributed by atoms with Gasteiger partial charge < -0.3 is 15.4 Å². The van der Waals surface area contributed by atoms with Crippen LogP contribution in [-0.2, 0) is 25.3 Å². The second kappa shape index (κ2) is 8.02. The van der Waals surface area contributed by atoms with Crippen molar-refractivity contribution >= 4 is 35.2 Å². The Kier molecular flexibility index (Phi) is 5.87. The van der Waals surface area contributed by atoms with E-state index in [2.05, 4.69) is 10.6 Å². The zero-order chi connectivity index (χ0) is 20.4. The van der Waals surface area contributed by atoms with E-state index in [1.807, 2.05) is 0 Å². The van der Waals surface area contributed by atoms with Gasteiger partial charge in [-0.1, -0.05) is 18.9 Å². The molecule has 1 spiro atoms. The number of halogens is 3. The molecule has 0 aromatic heterocycles. The lowest BCUT2D eigenvalue weighted by Gasteiger charge is -2.35. The molecule has 0 bridgehead atoms. The van der Waals surface area contributed by atoms with E-state index in [4.69, 9.17) is 4.74 Å². The topological polar surface area (TPSA) is 84.5 Å². The molecule has 1 aliphatic heterocycles. The van der Waals surface area contributed by atoms with E-state index in [0.717, 1.165) is 43.9 Å². The summed E-state index contributed by atoms with van der Waals surface area (Å²) in [5.41, 5.74) is -0.953. The number of rotatable bonds is 4. The first-order valence-corrected chi connectivity index (χ1v) is 9.77. The molecule has 2 N–H and O–H groups in total. The van der Waals surface area contributed by atoms with Crippen molar-refractivity contribution in [2.45, 2.75) is 42.6 Å². The highest BCUT2D eigenvalue weighted by atomic mass is 32.2. The smallest absolute Gasteiger partial charge is 0.416 e. The molecule has 152 valence electrons. The molecule has 2 fully saturated rings. The van der Waals surface area contributed by atoms with Crippen LogP contribution in [0, 0.1) is 0 Å². The van der Waals surface area contributed by atoms with Gasteiger partial charge in [0.05, 0.1) is 10.3 Å². The molecule has 3 rings (SSSR count). The monoisotopic (exact) mass is 416 g/mol. The van der Waals surface area contributed by atoms with Gasteiger partial charge in [-0.3, -0.25) is 9.59 Å². The molecular weight excluding hydrogens is 397 g/mol. The highest BCUT2D eigenvalue weighted by molar-refractivity contribution is 8.01. The Balaban J connectivity index is 1.48. The fourth-order valence-electron chi connectivity index (χ4n) is 3.29. The summed E-state index contributed by atoms with van der Waals surface area (Å²) in [5, 5.41) is 4.91. The van der Waals surface area contributed by atoms with Gasteiger partial charge in [-0.05, 0) is 31.0 Å². The number of hydrogen-bond donors (Lipinski definition) is 2. The van der Waals surface area contributed by atoms with Crippen molar-refractivity contribution in [2.24, 2.45) is 0 Å². The van der Waals surface area contributed by atoms with Gasteiger partial charge in [0, 0.05) is 11.4 Å². The van der Waals surface area contributed by atoms with Crippen molar-refractivity contribution in [1.29, 1.82) is 0 Å². The second-order valence-corrected chi connectivity index (χ2v) is 8.18. The van der Waals surface area contributed by atoms with Crippen LogP contribution in [0.15, 0.2) is 24.3 Å². The molecule has 10 heteroatoms. The van der Waals surface area contributed by atoms with Gasteiger partial charge in [0.25, 0.3) is 5.91 Å². The highest BCUT2D eigenvalue weighted by Crippen LogP contribution is 2.44. The number of ether oxygens (including phenoxy) is 1. The first kappa shape index (κ1) is 20.5. The lowest BCUT2D eigenvalue weighted by molar-refractivity contribution is -0.150. The van der Waals surface area contributed by atoms with Crippen molar-refractivity contribution in [3.05, 3.63) is 29.8 Å². The average Bonchev–Trinajstić information content (AvgIpc) is 3.11. The van der Waals surface area contributed by atoms with E-state index in [-0.39, 0.29) is 11.6 Å². The zero-order valence-corrected chi connectivity index (χ0v) is 15.6. The van der Waals surface area contributed by atoms with Crippen LogP contribution in [0.5, 0.6) is 0 Å². The zero-order valence-electron chi connectivity index (χ0n) is 14.8. The van der Waals surface area contributed by atoms with Crippen molar-refractivity contribution < 1.29 is 32.3 Å². The Morgan fingerprint density at radius 3 is 2.64 bits per heavy atom. The number of nitrogens with one attached hydrogen (secondary N) is 2. The Labute approximate surface area is 163 Å². The number of anilines is 1. The summed E-state index contributed by atoms with van der Waals surface area (Å²) in [6, 6.07) is 3.30. The first-order chi connectivity index (χ1) is 13.2. The minimum Gasteiger partial charge on any atom is -0.454 e. The summed E-state index contributed by atoms with van der Waals surface area (Å²) in [6.45, 7) is -0.655. The predicted octanol–water partition coefficient (Wildman–Crippen LogP) is 2.73. The Morgan fingerprint density at radius 1 is 1.29 bits per heavy atom. The Hall–Kier alpha value is -2.23. The molecule has 1 aliphatic carbocycles. The fraction of sp³-hybridized carbons (Fsp3) is 0.500. The molecule has 6 nitrogen and oxygen atoms in total. The SMILES string of the molecule is O=C(COC(=O)[C@@H]1CSC2(CCCC2)C(=O)N1)Nc1cccc(C(F)(F)F)c1. The third-order valence-corrected chi connectivity index (χ3v) is 6.41. The van der Waals surface area contributed by atoms with E-state index < -0.39 is 41.0 Å². The standard InChI is InChI=1S/C18H19F3N2O4S/c19-18(20,21)11-4-3-5-12(8-11)22-14(24)9-27-15(25)13-10-28-17(16(26)23-13)6-1-2-7-17/h3-5,8,13H,1-2,6-7,9-10H2,(H,22,24)(H,23,26)/t13-/m0/s1. The maximum Gasteiger partial charge on any atom is 0.416 e. The Bertz CT molecular complexity index is 778. The lowest BCUT2D eigenvalue weighted by Crippen LogP contribution is -2.56. The van der Waals surface area contributed by atoms with Crippen LogP contribution in [0.3, 0.4) is 0 Å². The minimum absolute atomic E-state index is 0.0550. The van der Waals surface area contributed by atoms with Gasteiger partial charge in [-0.25, -0.2) is 4.79 Å². The van der Waals surface area contributed by atoms with Crippen LogP contribution >= 0.6 is 11.8 Å². The molecule has 2 aliphatic rings. The lowest BCUT2D eigenvalue weighted by atomic mass is 10.1.